The molecule has 8 heteroatoms. The summed E-state index contributed by atoms with van der Waals surface area (Å²) in [5, 5.41) is 3.17. The van der Waals surface area contributed by atoms with Crippen molar-refractivity contribution in [1.29, 1.82) is 0 Å². The molecule has 0 spiro atoms. The van der Waals surface area contributed by atoms with Crippen molar-refractivity contribution in [3.63, 3.8) is 0 Å². The summed E-state index contributed by atoms with van der Waals surface area (Å²) in [7, 11) is -3.38. The van der Waals surface area contributed by atoms with Crippen molar-refractivity contribution in [1.82, 2.24) is 10.3 Å². The number of anilines is 1. The molecule has 1 aromatic heterocycles. The van der Waals surface area contributed by atoms with Gasteiger partial charge in [0.15, 0.2) is 0 Å². The molecular weight excluding hydrogens is 374 g/mol. The van der Waals surface area contributed by atoms with Crippen LogP contribution in [-0.2, 0) is 16.4 Å². The number of carbonyl (C=O) groups is 1. The number of benzene rings is 1. The molecule has 2 heterocycles. The standard InChI is InChI=1S/C18H20ClN3O3S/c19-16-4-3-15(13-17(16)22-11-1-2-12-26(22,24)25)18(23)21-10-7-14-5-8-20-9-6-14/h3-6,8-9,13H,1-2,7,10-12H2,(H,21,23). The minimum atomic E-state index is -3.38. The number of nitrogens with one attached hydrogen (secondary N) is 1. The molecular formula is C18H20ClN3O3S. The lowest BCUT2D eigenvalue weighted by Gasteiger charge is -2.29. The lowest BCUT2D eigenvalue weighted by Crippen LogP contribution is -2.38. The topological polar surface area (TPSA) is 79.4 Å². The van der Waals surface area contributed by atoms with Crippen LogP contribution < -0.4 is 9.62 Å². The molecule has 26 heavy (non-hydrogen) atoms. The monoisotopic (exact) mass is 393 g/mol. The van der Waals surface area contributed by atoms with Crippen molar-refractivity contribution >= 4 is 33.2 Å². The molecule has 1 aliphatic rings. The van der Waals surface area contributed by atoms with E-state index in [4.69, 9.17) is 11.6 Å². The van der Waals surface area contributed by atoms with Gasteiger partial charge in [-0.1, -0.05) is 11.6 Å². The maximum atomic E-state index is 12.4. The second-order valence-corrected chi connectivity index (χ2v) is 8.54. The Morgan fingerprint density at radius 2 is 1.96 bits per heavy atom. The van der Waals surface area contributed by atoms with E-state index in [-0.39, 0.29) is 11.7 Å². The van der Waals surface area contributed by atoms with Crippen LogP contribution in [0.25, 0.3) is 0 Å². The van der Waals surface area contributed by atoms with Crippen LogP contribution >= 0.6 is 11.6 Å². The van der Waals surface area contributed by atoms with Gasteiger partial charge in [0, 0.05) is 31.0 Å². The Bertz CT molecular complexity index is 888. The Morgan fingerprint density at radius 3 is 2.69 bits per heavy atom. The summed E-state index contributed by atoms with van der Waals surface area (Å²) < 4.78 is 25.9. The van der Waals surface area contributed by atoms with Gasteiger partial charge >= 0.3 is 0 Å². The van der Waals surface area contributed by atoms with E-state index in [1.165, 1.54) is 4.31 Å². The average molecular weight is 394 g/mol. The highest BCUT2D eigenvalue weighted by Gasteiger charge is 2.28. The van der Waals surface area contributed by atoms with E-state index < -0.39 is 10.0 Å². The van der Waals surface area contributed by atoms with Crippen LogP contribution in [0.2, 0.25) is 5.02 Å². The lowest BCUT2D eigenvalue weighted by atomic mass is 10.1. The Hall–Kier alpha value is -2.12. The number of pyridine rings is 1. The van der Waals surface area contributed by atoms with Gasteiger partial charge in [-0.25, -0.2) is 8.42 Å². The Morgan fingerprint density at radius 1 is 1.19 bits per heavy atom. The highest BCUT2D eigenvalue weighted by molar-refractivity contribution is 7.92. The minimum Gasteiger partial charge on any atom is -0.352 e. The molecule has 138 valence electrons. The molecule has 6 nitrogen and oxygen atoms in total. The van der Waals surface area contributed by atoms with Crippen molar-refractivity contribution in [2.75, 3.05) is 23.1 Å². The third-order valence-electron chi connectivity index (χ3n) is 4.27. The third kappa shape index (κ3) is 4.34. The smallest absolute Gasteiger partial charge is 0.251 e. The maximum absolute atomic E-state index is 12.4. The third-order valence-corrected chi connectivity index (χ3v) is 6.45. The second-order valence-electron chi connectivity index (χ2n) is 6.12. The summed E-state index contributed by atoms with van der Waals surface area (Å²) in [6.07, 6.45) is 5.53. The molecule has 0 aliphatic carbocycles. The fourth-order valence-electron chi connectivity index (χ4n) is 2.88. The van der Waals surface area contributed by atoms with Crippen molar-refractivity contribution in [2.24, 2.45) is 0 Å². The number of sulfonamides is 1. The summed E-state index contributed by atoms with van der Waals surface area (Å²) in [5.74, 6) is -0.155. The largest absolute Gasteiger partial charge is 0.352 e. The molecule has 1 N–H and O–H groups in total. The van der Waals surface area contributed by atoms with Crippen molar-refractivity contribution < 1.29 is 13.2 Å². The number of hydrogen-bond acceptors (Lipinski definition) is 4. The number of halogens is 1. The molecule has 3 rings (SSSR count). The van der Waals surface area contributed by atoms with E-state index in [0.29, 0.717) is 42.2 Å². The van der Waals surface area contributed by atoms with E-state index in [0.717, 1.165) is 12.0 Å². The lowest BCUT2D eigenvalue weighted by molar-refractivity contribution is 0.0954. The van der Waals surface area contributed by atoms with E-state index in [2.05, 4.69) is 10.3 Å². The van der Waals surface area contributed by atoms with Crippen molar-refractivity contribution in [2.45, 2.75) is 19.3 Å². The number of hydrogen-bond donors (Lipinski definition) is 1. The first-order valence-electron chi connectivity index (χ1n) is 8.44. The first-order valence-corrected chi connectivity index (χ1v) is 10.4. The fraction of sp³-hybridized carbons (Fsp3) is 0.333. The van der Waals surface area contributed by atoms with E-state index in [9.17, 15) is 13.2 Å². The van der Waals surface area contributed by atoms with Gasteiger partial charge in [0.1, 0.15) is 0 Å². The summed E-state index contributed by atoms with van der Waals surface area (Å²) in [5.41, 5.74) is 1.84. The number of aromatic nitrogens is 1. The highest BCUT2D eigenvalue weighted by atomic mass is 35.5. The summed E-state index contributed by atoms with van der Waals surface area (Å²) in [6, 6.07) is 8.51. The molecule has 0 bridgehead atoms. The van der Waals surface area contributed by atoms with Crippen molar-refractivity contribution in [3.8, 4) is 0 Å². The number of rotatable bonds is 5. The van der Waals surface area contributed by atoms with Crippen LogP contribution in [0.15, 0.2) is 42.7 Å². The van der Waals surface area contributed by atoms with Crippen molar-refractivity contribution in [3.05, 3.63) is 58.9 Å². The summed E-state index contributed by atoms with van der Waals surface area (Å²) in [4.78, 5) is 16.4. The zero-order chi connectivity index (χ0) is 18.6. The maximum Gasteiger partial charge on any atom is 0.251 e. The van der Waals surface area contributed by atoms with E-state index in [1.54, 1.807) is 30.6 Å². The SMILES string of the molecule is O=C(NCCc1ccncc1)c1ccc(Cl)c(N2CCCCS2(=O)=O)c1. The van der Waals surface area contributed by atoms with Gasteiger partial charge in [0.05, 0.1) is 16.5 Å². The van der Waals surface area contributed by atoms with Crippen LogP contribution in [0.4, 0.5) is 5.69 Å². The fourth-order valence-corrected chi connectivity index (χ4v) is 4.79. The summed E-state index contributed by atoms with van der Waals surface area (Å²) in [6.45, 7) is 0.859. The summed E-state index contributed by atoms with van der Waals surface area (Å²) >= 11 is 6.20. The van der Waals surface area contributed by atoms with Gasteiger partial charge in [0.2, 0.25) is 10.0 Å². The van der Waals surface area contributed by atoms with Gasteiger partial charge in [-0.3, -0.25) is 14.1 Å². The molecule has 1 aliphatic heterocycles. The Kier molecular flexibility index (Phi) is 5.78. The molecule has 1 amide bonds. The molecule has 0 saturated carbocycles. The highest BCUT2D eigenvalue weighted by Crippen LogP contribution is 2.31. The zero-order valence-electron chi connectivity index (χ0n) is 14.2. The molecule has 0 radical (unpaired) electrons. The molecule has 1 saturated heterocycles. The van der Waals surface area contributed by atoms with Gasteiger partial charge in [-0.2, -0.15) is 0 Å². The second kappa shape index (κ2) is 8.05. The molecule has 0 atom stereocenters. The van der Waals surface area contributed by atoms with Gasteiger partial charge in [-0.05, 0) is 55.2 Å². The minimum absolute atomic E-state index is 0.103. The van der Waals surface area contributed by atoms with Crippen LogP contribution in [0, 0.1) is 0 Å². The molecule has 1 aromatic carbocycles. The first-order chi connectivity index (χ1) is 12.5. The zero-order valence-corrected chi connectivity index (χ0v) is 15.8. The molecule has 2 aromatic rings. The van der Waals surface area contributed by atoms with Crippen LogP contribution in [0.1, 0.15) is 28.8 Å². The van der Waals surface area contributed by atoms with Gasteiger partial charge < -0.3 is 5.32 Å². The van der Waals surface area contributed by atoms with Crippen LogP contribution in [0.5, 0.6) is 0 Å². The predicted octanol–water partition coefficient (Wildman–Crippen LogP) is 2.64. The normalized spacial score (nSPS) is 16.3. The van der Waals surface area contributed by atoms with Gasteiger partial charge in [0.25, 0.3) is 5.91 Å². The average Bonchev–Trinajstić information content (AvgIpc) is 2.63. The quantitative estimate of drug-likeness (QED) is 0.846. The first kappa shape index (κ1) is 18.7. The number of nitrogens with zero attached hydrogens (tertiary/aromatic N) is 2. The van der Waals surface area contributed by atoms with Crippen LogP contribution in [0.3, 0.4) is 0 Å². The van der Waals surface area contributed by atoms with E-state index >= 15 is 0 Å². The van der Waals surface area contributed by atoms with E-state index in [1.807, 2.05) is 12.1 Å². The molecule has 1 fully saturated rings. The number of amides is 1. The Labute approximate surface area is 158 Å². The molecule has 0 unspecified atom stereocenters. The van der Waals surface area contributed by atoms with Crippen LogP contribution in [-0.4, -0.2) is 38.2 Å². The van der Waals surface area contributed by atoms with Gasteiger partial charge in [-0.15, -0.1) is 0 Å². The predicted molar refractivity (Wildman–Crippen MR) is 102 cm³/mol. The Balaban J connectivity index is 1.71. The number of carbonyl (C=O) groups excluding carboxylic acids is 1.